The molecular weight excluding hydrogens is 234 g/mol. The van der Waals surface area contributed by atoms with Gasteiger partial charge in [-0.3, -0.25) is 9.59 Å². The maximum absolute atomic E-state index is 11.9. The molecule has 1 aromatic heterocycles. The van der Waals surface area contributed by atoms with Crippen LogP contribution >= 0.6 is 0 Å². The molecule has 0 spiro atoms. The Morgan fingerprint density at radius 1 is 1.33 bits per heavy atom. The third kappa shape index (κ3) is 4.00. The van der Waals surface area contributed by atoms with Crippen LogP contribution in [0.5, 0.6) is 0 Å². The molecule has 98 valence electrons. The number of amides is 2. The third-order valence-electron chi connectivity index (χ3n) is 2.21. The van der Waals surface area contributed by atoms with Crippen LogP contribution in [-0.4, -0.2) is 34.4 Å². The zero-order chi connectivity index (χ0) is 13.8. The Kier molecular flexibility index (Phi) is 4.19. The van der Waals surface area contributed by atoms with Gasteiger partial charge in [-0.25, -0.2) is 9.97 Å². The van der Waals surface area contributed by atoms with E-state index in [9.17, 15) is 9.59 Å². The zero-order valence-electron chi connectivity index (χ0n) is 10.7. The fourth-order valence-corrected chi connectivity index (χ4v) is 1.43. The van der Waals surface area contributed by atoms with Gasteiger partial charge < -0.3 is 16.4 Å². The highest BCUT2D eigenvalue weighted by Crippen LogP contribution is 2.09. The number of nitrogens with zero attached hydrogens (tertiary/aromatic N) is 2. The van der Waals surface area contributed by atoms with E-state index >= 15 is 0 Å². The summed E-state index contributed by atoms with van der Waals surface area (Å²) in [6.07, 6.45) is 2.87. The Labute approximate surface area is 105 Å². The number of hydrogen-bond donors (Lipinski definition) is 3. The van der Waals surface area contributed by atoms with Gasteiger partial charge in [0, 0.05) is 19.0 Å². The van der Waals surface area contributed by atoms with E-state index in [1.54, 1.807) is 20.9 Å². The maximum atomic E-state index is 11.9. The monoisotopic (exact) mass is 251 g/mol. The maximum Gasteiger partial charge on any atom is 0.271 e. The number of aromatic nitrogens is 2. The lowest BCUT2D eigenvalue weighted by molar-refractivity contribution is -0.119. The molecule has 0 saturated carbocycles. The summed E-state index contributed by atoms with van der Waals surface area (Å²) < 4.78 is 0. The Morgan fingerprint density at radius 3 is 2.44 bits per heavy atom. The van der Waals surface area contributed by atoms with Crippen LogP contribution in [-0.2, 0) is 4.79 Å². The van der Waals surface area contributed by atoms with Gasteiger partial charge in [0.1, 0.15) is 11.5 Å². The van der Waals surface area contributed by atoms with Gasteiger partial charge in [0.25, 0.3) is 5.91 Å². The van der Waals surface area contributed by atoms with Crippen LogP contribution in [0.15, 0.2) is 12.4 Å². The van der Waals surface area contributed by atoms with Crippen molar-refractivity contribution in [3.63, 3.8) is 0 Å². The first-order valence-electron chi connectivity index (χ1n) is 5.44. The Balaban J connectivity index is 2.72. The number of nitrogens with two attached hydrogens (primary N) is 1. The fourth-order valence-electron chi connectivity index (χ4n) is 1.43. The van der Waals surface area contributed by atoms with E-state index < -0.39 is 17.4 Å². The van der Waals surface area contributed by atoms with E-state index in [0.29, 0.717) is 5.82 Å². The normalized spacial score (nSPS) is 10.8. The van der Waals surface area contributed by atoms with Crippen molar-refractivity contribution < 1.29 is 9.59 Å². The Morgan fingerprint density at radius 2 is 2.00 bits per heavy atom. The highest BCUT2D eigenvalue weighted by Gasteiger charge is 2.24. The van der Waals surface area contributed by atoms with Crippen molar-refractivity contribution in [2.45, 2.75) is 25.8 Å². The zero-order valence-corrected chi connectivity index (χ0v) is 10.7. The van der Waals surface area contributed by atoms with Crippen molar-refractivity contribution in [1.82, 2.24) is 15.3 Å². The molecule has 7 heteroatoms. The SMILES string of the molecule is CNc1cnc(C(=O)NC(C)(C)CC(N)=O)cn1. The number of primary amides is 1. The van der Waals surface area contributed by atoms with E-state index in [2.05, 4.69) is 20.6 Å². The third-order valence-corrected chi connectivity index (χ3v) is 2.21. The van der Waals surface area contributed by atoms with Gasteiger partial charge >= 0.3 is 0 Å². The summed E-state index contributed by atoms with van der Waals surface area (Å²) in [7, 11) is 1.71. The summed E-state index contributed by atoms with van der Waals surface area (Å²) >= 11 is 0. The van der Waals surface area contributed by atoms with Crippen LogP contribution in [0.3, 0.4) is 0 Å². The highest BCUT2D eigenvalue weighted by molar-refractivity contribution is 5.93. The van der Waals surface area contributed by atoms with E-state index in [0.717, 1.165) is 0 Å². The Bertz CT molecular complexity index is 441. The summed E-state index contributed by atoms with van der Waals surface area (Å²) in [6.45, 7) is 3.43. The number of anilines is 1. The summed E-state index contributed by atoms with van der Waals surface area (Å²) in [5.74, 6) is -0.295. The summed E-state index contributed by atoms with van der Waals surface area (Å²) in [5, 5.41) is 5.48. The molecule has 7 nitrogen and oxygen atoms in total. The molecule has 1 rings (SSSR count). The lowest BCUT2D eigenvalue weighted by atomic mass is 10.0. The van der Waals surface area contributed by atoms with Gasteiger partial charge in [0.05, 0.1) is 12.4 Å². The first-order chi connectivity index (χ1) is 8.34. The molecule has 0 unspecified atom stereocenters. The minimum Gasteiger partial charge on any atom is -0.372 e. The van der Waals surface area contributed by atoms with Crippen molar-refractivity contribution >= 4 is 17.6 Å². The van der Waals surface area contributed by atoms with Gasteiger partial charge in [-0.05, 0) is 13.8 Å². The minimum atomic E-state index is -0.716. The first kappa shape index (κ1) is 13.9. The molecule has 1 aromatic rings. The topological polar surface area (TPSA) is 110 Å². The van der Waals surface area contributed by atoms with Crippen molar-refractivity contribution in [2.24, 2.45) is 5.73 Å². The van der Waals surface area contributed by atoms with Gasteiger partial charge in [0.15, 0.2) is 0 Å². The molecule has 0 aromatic carbocycles. The molecule has 0 radical (unpaired) electrons. The summed E-state index contributed by atoms with van der Waals surface area (Å²) in [5.41, 5.74) is 4.58. The molecule has 0 saturated heterocycles. The van der Waals surface area contributed by atoms with Gasteiger partial charge in [-0.15, -0.1) is 0 Å². The number of carbonyl (C=O) groups excluding carboxylic acids is 2. The number of nitrogens with one attached hydrogen (secondary N) is 2. The molecule has 1 heterocycles. The molecule has 0 aliphatic carbocycles. The van der Waals surface area contributed by atoms with Crippen LogP contribution in [0.2, 0.25) is 0 Å². The second-order valence-electron chi connectivity index (χ2n) is 4.52. The molecule has 0 fully saturated rings. The lowest BCUT2D eigenvalue weighted by Crippen LogP contribution is -2.46. The molecule has 2 amide bonds. The average Bonchev–Trinajstić information content (AvgIpc) is 2.26. The van der Waals surface area contributed by atoms with E-state index in [4.69, 9.17) is 5.73 Å². The molecule has 0 aliphatic rings. The number of rotatable bonds is 5. The highest BCUT2D eigenvalue weighted by atomic mass is 16.2. The Hall–Kier alpha value is -2.18. The molecule has 0 bridgehead atoms. The van der Waals surface area contributed by atoms with Crippen LogP contribution in [0, 0.1) is 0 Å². The standard InChI is InChI=1S/C11H17N5O2/c1-11(2,4-8(12)17)16-10(18)7-5-15-9(13-3)6-14-7/h5-6H,4H2,1-3H3,(H2,12,17)(H,13,15)(H,16,18). The second kappa shape index (κ2) is 5.44. The van der Waals surface area contributed by atoms with Crippen LogP contribution < -0.4 is 16.4 Å². The van der Waals surface area contributed by atoms with Gasteiger partial charge in [0.2, 0.25) is 5.91 Å². The lowest BCUT2D eigenvalue weighted by Gasteiger charge is -2.24. The predicted molar refractivity (Wildman–Crippen MR) is 66.9 cm³/mol. The molecule has 0 atom stereocenters. The van der Waals surface area contributed by atoms with Crippen LogP contribution in [0.4, 0.5) is 5.82 Å². The number of carbonyl (C=O) groups is 2. The van der Waals surface area contributed by atoms with Gasteiger partial charge in [-0.1, -0.05) is 0 Å². The quantitative estimate of drug-likeness (QED) is 0.677. The first-order valence-corrected chi connectivity index (χ1v) is 5.44. The molecule has 18 heavy (non-hydrogen) atoms. The van der Waals surface area contributed by atoms with Crippen LogP contribution in [0.1, 0.15) is 30.8 Å². The average molecular weight is 251 g/mol. The molecule has 0 aliphatic heterocycles. The van der Waals surface area contributed by atoms with Crippen molar-refractivity contribution in [3.8, 4) is 0 Å². The largest absolute Gasteiger partial charge is 0.372 e. The van der Waals surface area contributed by atoms with Crippen molar-refractivity contribution in [1.29, 1.82) is 0 Å². The predicted octanol–water partition coefficient (Wildman–Crippen LogP) is -0.0979. The fraction of sp³-hybridized carbons (Fsp3) is 0.455. The van der Waals surface area contributed by atoms with Gasteiger partial charge in [-0.2, -0.15) is 0 Å². The summed E-state index contributed by atoms with van der Waals surface area (Å²) in [4.78, 5) is 30.6. The van der Waals surface area contributed by atoms with E-state index in [-0.39, 0.29) is 12.1 Å². The van der Waals surface area contributed by atoms with E-state index in [1.165, 1.54) is 12.4 Å². The van der Waals surface area contributed by atoms with Crippen LogP contribution in [0.25, 0.3) is 0 Å². The van der Waals surface area contributed by atoms with Crippen molar-refractivity contribution in [2.75, 3.05) is 12.4 Å². The molecule has 4 N–H and O–H groups in total. The minimum absolute atomic E-state index is 0.0563. The summed E-state index contributed by atoms with van der Waals surface area (Å²) in [6, 6.07) is 0. The van der Waals surface area contributed by atoms with E-state index in [1.807, 2.05) is 0 Å². The molecular formula is C11H17N5O2. The second-order valence-corrected chi connectivity index (χ2v) is 4.52. The number of hydrogen-bond acceptors (Lipinski definition) is 5. The smallest absolute Gasteiger partial charge is 0.271 e. The van der Waals surface area contributed by atoms with Crippen molar-refractivity contribution in [3.05, 3.63) is 18.1 Å².